The lowest BCUT2D eigenvalue weighted by Gasteiger charge is -2.20. The molecule has 2 nitrogen and oxygen atoms in total. The largest absolute Gasteiger partial charge is 0.345 e. The molecule has 0 saturated carbocycles. The van der Waals surface area contributed by atoms with Gasteiger partial charge in [-0.15, -0.1) is 0 Å². The average Bonchev–Trinajstić information content (AvgIpc) is 2.47. The van der Waals surface area contributed by atoms with Crippen LogP contribution in [0.2, 0.25) is 0 Å². The quantitative estimate of drug-likeness (QED) is 0.838. The van der Waals surface area contributed by atoms with Crippen LogP contribution in [-0.2, 0) is 6.54 Å². The van der Waals surface area contributed by atoms with E-state index in [4.69, 9.17) is 0 Å². The second-order valence-corrected chi connectivity index (χ2v) is 6.09. The van der Waals surface area contributed by atoms with Gasteiger partial charge >= 0.3 is 0 Å². The molecule has 0 bridgehead atoms. The van der Waals surface area contributed by atoms with E-state index in [1.54, 1.807) is 0 Å². The number of benzene rings is 2. The van der Waals surface area contributed by atoms with Crippen molar-refractivity contribution in [2.75, 3.05) is 18.5 Å². The van der Waals surface area contributed by atoms with Gasteiger partial charge in [-0.2, -0.15) is 0 Å². The summed E-state index contributed by atoms with van der Waals surface area (Å²) in [6, 6.07) is 17.4. The van der Waals surface area contributed by atoms with Gasteiger partial charge in [-0.1, -0.05) is 38.1 Å². The minimum Gasteiger partial charge on any atom is -0.345 e. The van der Waals surface area contributed by atoms with Crippen LogP contribution < -0.4 is 10.2 Å². The highest BCUT2D eigenvalue weighted by Crippen LogP contribution is 2.24. The Balaban J connectivity index is 2.01. The van der Waals surface area contributed by atoms with Crippen LogP contribution >= 0.6 is 0 Å². The molecule has 112 valence electrons. The van der Waals surface area contributed by atoms with E-state index < -0.39 is 0 Å². The first-order valence-corrected chi connectivity index (χ1v) is 7.66. The monoisotopic (exact) mass is 282 g/mol. The third kappa shape index (κ3) is 4.61. The second-order valence-electron chi connectivity index (χ2n) is 6.09. The summed E-state index contributed by atoms with van der Waals surface area (Å²) >= 11 is 0. The Bertz CT molecular complexity index is 558. The Kier molecular flexibility index (Phi) is 5.40. The summed E-state index contributed by atoms with van der Waals surface area (Å²) in [6.45, 7) is 8.58. The SMILES string of the molecule is Cc1cccc(N(C)c2ccc(CNCC(C)C)cc2)c1. The standard InChI is InChI=1S/C19H26N2/c1-15(2)13-20-14-17-8-10-18(11-9-17)21(4)19-7-5-6-16(3)12-19/h5-12,15,20H,13-14H2,1-4H3. The van der Waals surface area contributed by atoms with Crippen LogP contribution in [0.4, 0.5) is 11.4 Å². The van der Waals surface area contributed by atoms with E-state index in [0.717, 1.165) is 13.1 Å². The number of nitrogens with zero attached hydrogens (tertiary/aromatic N) is 1. The minimum atomic E-state index is 0.691. The molecule has 0 amide bonds. The second kappa shape index (κ2) is 7.28. The van der Waals surface area contributed by atoms with Crippen LogP contribution in [0.1, 0.15) is 25.0 Å². The van der Waals surface area contributed by atoms with Gasteiger partial charge in [0.1, 0.15) is 0 Å². The third-order valence-corrected chi connectivity index (χ3v) is 3.59. The van der Waals surface area contributed by atoms with Gasteiger partial charge in [-0.05, 0) is 54.8 Å². The lowest BCUT2D eigenvalue weighted by Crippen LogP contribution is -2.19. The minimum absolute atomic E-state index is 0.691. The van der Waals surface area contributed by atoms with Crippen molar-refractivity contribution in [2.24, 2.45) is 5.92 Å². The lowest BCUT2D eigenvalue weighted by atomic mass is 10.1. The molecule has 21 heavy (non-hydrogen) atoms. The predicted octanol–water partition coefficient (Wildman–Crippen LogP) is 4.51. The van der Waals surface area contributed by atoms with Crippen molar-refractivity contribution in [3.8, 4) is 0 Å². The molecule has 2 rings (SSSR count). The maximum Gasteiger partial charge on any atom is 0.0410 e. The maximum absolute atomic E-state index is 3.48. The van der Waals surface area contributed by atoms with Gasteiger partial charge in [0.2, 0.25) is 0 Å². The van der Waals surface area contributed by atoms with E-state index in [2.05, 4.69) is 86.6 Å². The van der Waals surface area contributed by atoms with Crippen molar-refractivity contribution >= 4 is 11.4 Å². The summed E-state index contributed by atoms with van der Waals surface area (Å²) in [5.74, 6) is 0.691. The van der Waals surface area contributed by atoms with E-state index in [0.29, 0.717) is 5.92 Å². The molecule has 0 spiro atoms. The highest BCUT2D eigenvalue weighted by Gasteiger charge is 2.04. The lowest BCUT2D eigenvalue weighted by molar-refractivity contribution is 0.552. The number of hydrogen-bond acceptors (Lipinski definition) is 2. The van der Waals surface area contributed by atoms with Crippen molar-refractivity contribution in [2.45, 2.75) is 27.3 Å². The van der Waals surface area contributed by atoms with Gasteiger partial charge in [-0.25, -0.2) is 0 Å². The number of aryl methyl sites for hydroxylation is 1. The fraction of sp³-hybridized carbons (Fsp3) is 0.368. The number of rotatable bonds is 6. The van der Waals surface area contributed by atoms with Gasteiger partial charge in [0, 0.05) is 25.0 Å². The molecule has 0 aliphatic heterocycles. The normalized spacial score (nSPS) is 10.9. The topological polar surface area (TPSA) is 15.3 Å². The highest BCUT2D eigenvalue weighted by molar-refractivity contribution is 5.63. The molecular formula is C19H26N2. The molecule has 0 fully saturated rings. The zero-order chi connectivity index (χ0) is 15.2. The molecule has 0 aliphatic carbocycles. The molecule has 0 radical (unpaired) electrons. The first kappa shape index (κ1) is 15.6. The van der Waals surface area contributed by atoms with Crippen molar-refractivity contribution in [3.63, 3.8) is 0 Å². The van der Waals surface area contributed by atoms with Crippen LogP contribution in [0.15, 0.2) is 48.5 Å². The van der Waals surface area contributed by atoms with E-state index in [-0.39, 0.29) is 0 Å². The Morgan fingerprint density at radius 3 is 2.33 bits per heavy atom. The van der Waals surface area contributed by atoms with Crippen LogP contribution in [0.3, 0.4) is 0 Å². The Morgan fingerprint density at radius 2 is 1.71 bits per heavy atom. The smallest absolute Gasteiger partial charge is 0.0410 e. The maximum atomic E-state index is 3.48. The van der Waals surface area contributed by atoms with E-state index in [1.165, 1.54) is 22.5 Å². The zero-order valence-corrected chi connectivity index (χ0v) is 13.6. The summed E-state index contributed by atoms with van der Waals surface area (Å²) in [5.41, 5.74) is 5.06. The highest BCUT2D eigenvalue weighted by atomic mass is 15.1. The fourth-order valence-electron chi connectivity index (χ4n) is 2.33. The average molecular weight is 282 g/mol. The van der Waals surface area contributed by atoms with E-state index in [1.807, 2.05) is 0 Å². The van der Waals surface area contributed by atoms with Gasteiger partial charge in [0.15, 0.2) is 0 Å². The van der Waals surface area contributed by atoms with Crippen molar-refractivity contribution < 1.29 is 0 Å². The molecule has 0 heterocycles. The van der Waals surface area contributed by atoms with Crippen molar-refractivity contribution in [1.29, 1.82) is 0 Å². The number of anilines is 2. The fourth-order valence-corrected chi connectivity index (χ4v) is 2.33. The number of hydrogen-bond donors (Lipinski definition) is 1. The zero-order valence-electron chi connectivity index (χ0n) is 13.6. The van der Waals surface area contributed by atoms with Crippen LogP contribution in [0.25, 0.3) is 0 Å². The van der Waals surface area contributed by atoms with Crippen LogP contribution in [0, 0.1) is 12.8 Å². The van der Waals surface area contributed by atoms with Crippen molar-refractivity contribution in [1.82, 2.24) is 5.32 Å². The first-order valence-electron chi connectivity index (χ1n) is 7.66. The molecule has 0 aromatic heterocycles. The van der Waals surface area contributed by atoms with Crippen LogP contribution in [-0.4, -0.2) is 13.6 Å². The summed E-state index contributed by atoms with van der Waals surface area (Å²) in [7, 11) is 2.11. The molecule has 0 atom stereocenters. The van der Waals surface area contributed by atoms with Crippen molar-refractivity contribution in [3.05, 3.63) is 59.7 Å². The van der Waals surface area contributed by atoms with Gasteiger partial charge < -0.3 is 10.2 Å². The van der Waals surface area contributed by atoms with E-state index >= 15 is 0 Å². The molecular weight excluding hydrogens is 256 g/mol. The number of nitrogens with one attached hydrogen (secondary N) is 1. The van der Waals surface area contributed by atoms with Gasteiger partial charge in [-0.3, -0.25) is 0 Å². The molecule has 0 aliphatic rings. The first-order chi connectivity index (χ1) is 10.1. The van der Waals surface area contributed by atoms with Crippen LogP contribution in [0.5, 0.6) is 0 Å². The Morgan fingerprint density at radius 1 is 1.00 bits per heavy atom. The molecule has 2 heteroatoms. The summed E-state index contributed by atoms with van der Waals surface area (Å²) < 4.78 is 0. The summed E-state index contributed by atoms with van der Waals surface area (Å²) in [5, 5.41) is 3.48. The van der Waals surface area contributed by atoms with Gasteiger partial charge in [0.05, 0.1) is 0 Å². The summed E-state index contributed by atoms with van der Waals surface area (Å²) in [4.78, 5) is 2.22. The predicted molar refractivity (Wildman–Crippen MR) is 92.2 cm³/mol. The third-order valence-electron chi connectivity index (χ3n) is 3.59. The Labute approximate surface area is 128 Å². The summed E-state index contributed by atoms with van der Waals surface area (Å²) in [6.07, 6.45) is 0. The molecule has 1 N–H and O–H groups in total. The molecule has 0 saturated heterocycles. The molecule has 2 aromatic rings. The molecule has 2 aromatic carbocycles. The molecule has 0 unspecified atom stereocenters. The van der Waals surface area contributed by atoms with Gasteiger partial charge in [0.25, 0.3) is 0 Å². The van der Waals surface area contributed by atoms with E-state index in [9.17, 15) is 0 Å². The Hall–Kier alpha value is -1.80.